The summed E-state index contributed by atoms with van der Waals surface area (Å²) in [6.07, 6.45) is 1.91. The van der Waals surface area contributed by atoms with Crippen LogP contribution in [0.2, 0.25) is 5.02 Å². The molecule has 28 heavy (non-hydrogen) atoms. The fourth-order valence-electron chi connectivity index (χ4n) is 3.34. The Morgan fingerprint density at radius 3 is 2.75 bits per heavy atom. The maximum absolute atomic E-state index is 12.5. The molecule has 0 aliphatic carbocycles. The number of carbonyl (C=O) groups excluding carboxylic acids is 1. The van der Waals surface area contributed by atoms with Gasteiger partial charge in [0, 0.05) is 23.2 Å². The Bertz CT molecular complexity index is 969. The Kier molecular flexibility index (Phi) is 7.55. The molecule has 4 rings (SSSR count). The number of nitrogens with zero attached hydrogens (tertiary/aromatic N) is 1. The summed E-state index contributed by atoms with van der Waals surface area (Å²) in [5.41, 5.74) is 9.09. The minimum atomic E-state index is -0.0229. The zero-order valence-electron chi connectivity index (χ0n) is 15.0. The van der Waals surface area contributed by atoms with E-state index in [1.165, 1.54) is 0 Å². The van der Waals surface area contributed by atoms with Crippen molar-refractivity contribution < 1.29 is 4.79 Å². The number of benzene rings is 2. The van der Waals surface area contributed by atoms with Crippen molar-refractivity contribution in [3.05, 3.63) is 41.4 Å². The molecule has 2 heterocycles. The first-order valence-electron chi connectivity index (χ1n) is 8.67. The minimum Gasteiger partial charge on any atom is -0.399 e. The molecule has 1 atom stereocenters. The van der Waals surface area contributed by atoms with Crippen LogP contribution in [0.5, 0.6) is 0 Å². The standard InChI is InChI=1S/C19H20ClN5O.2ClH/c20-16-9-13(21)4-5-14(16)11-3-6-17-15(8-11)18(25-24-17)23-19(26)12-2-1-7-22-10-12;;/h3-6,8-9,12,22H,1-2,7,10,21H2,(H2,23,24,25,26);2*1H/t12-;;/m0../s1. The third-order valence-corrected chi connectivity index (χ3v) is 5.09. The third-order valence-electron chi connectivity index (χ3n) is 4.78. The average molecular weight is 443 g/mol. The molecular weight excluding hydrogens is 421 g/mol. The third kappa shape index (κ3) is 4.52. The molecule has 1 aliphatic heterocycles. The van der Waals surface area contributed by atoms with Crippen LogP contribution in [0, 0.1) is 5.92 Å². The number of anilines is 2. The van der Waals surface area contributed by atoms with Crippen molar-refractivity contribution in [2.24, 2.45) is 5.92 Å². The normalized spacial score (nSPS) is 16.1. The number of aromatic amines is 1. The molecule has 1 aliphatic rings. The number of nitrogen functional groups attached to an aromatic ring is 1. The second-order valence-corrected chi connectivity index (χ2v) is 7.01. The van der Waals surface area contributed by atoms with Crippen LogP contribution in [0.3, 0.4) is 0 Å². The van der Waals surface area contributed by atoms with Crippen LogP contribution in [0.15, 0.2) is 36.4 Å². The van der Waals surface area contributed by atoms with Gasteiger partial charge >= 0.3 is 0 Å². The number of nitrogens with two attached hydrogens (primary N) is 1. The van der Waals surface area contributed by atoms with Gasteiger partial charge in [0.1, 0.15) is 0 Å². The Balaban J connectivity index is 0.00000140. The summed E-state index contributed by atoms with van der Waals surface area (Å²) < 4.78 is 0. The molecule has 1 fully saturated rings. The lowest BCUT2D eigenvalue weighted by Gasteiger charge is -2.21. The Hall–Kier alpha value is -1.99. The second-order valence-electron chi connectivity index (χ2n) is 6.60. The summed E-state index contributed by atoms with van der Waals surface area (Å²) in [5, 5.41) is 14.9. The van der Waals surface area contributed by atoms with E-state index in [4.69, 9.17) is 17.3 Å². The summed E-state index contributed by atoms with van der Waals surface area (Å²) in [7, 11) is 0. The summed E-state index contributed by atoms with van der Waals surface area (Å²) in [4.78, 5) is 12.5. The Morgan fingerprint density at radius 2 is 2.04 bits per heavy atom. The zero-order valence-corrected chi connectivity index (χ0v) is 17.4. The van der Waals surface area contributed by atoms with Crippen LogP contribution in [0.1, 0.15) is 12.8 Å². The largest absolute Gasteiger partial charge is 0.399 e. The highest BCUT2D eigenvalue weighted by Gasteiger charge is 2.22. The minimum absolute atomic E-state index is 0. The number of nitrogens with one attached hydrogen (secondary N) is 3. The van der Waals surface area contributed by atoms with Gasteiger partial charge in [-0.15, -0.1) is 24.8 Å². The highest BCUT2D eigenvalue weighted by molar-refractivity contribution is 6.33. The van der Waals surface area contributed by atoms with Gasteiger partial charge in [0.2, 0.25) is 5.91 Å². The lowest BCUT2D eigenvalue weighted by Crippen LogP contribution is -2.37. The van der Waals surface area contributed by atoms with E-state index in [-0.39, 0.29) is 36.6 Å². The Morgan fingerprint density at radius 1 is 1.21 bits per heavy atom. The van der Waals surface area contributed by atoms with E-state index in [2.05, 4.69) is 20.8 Å². The molecule has 5 N–H and O–H groups in total. The molecule has 1 saturated heterocycles. The first kappa shape index (κ1) is 22.3. The molecule has 1 aromatic heterocycles. The first-order valence-corrected chi connectivity index (χ1v) is 9.05. The summed E-state index contributed by atoms with van der Waals surface area (Å²) in [6, 6.07) is 11.3. The van der Waals surface area contributed by atoms with Gasteiger partial charge in [-0.05, 0) is 49.2 Å². The second kappa shape index (κ2) is 9.47. The van der Waals surface area contributed by atoms with Crippen molar-refractivity contribution in [2.75, 3.05) is 24.1 Å². The van der Waals surface area contributed by atoms with E-state index in [1.54, 1.807) is 6.07 Å². The highest BCUT2D eigenvalue weighted by atomic mass is 35.5. The van der Waals surface area contributed by atoms with Gasteiger partial charge in [-0.1, -0.05) is 23.7 Å². The lowest BCUT2D eigenvalue weighted by molar-refractivity contribution is -0.120. The van der Waals surface area contributed by atoms with Crippen molar-refractivity contribution in [3.63, 3.8) is 0 Å². The monoisotopic (exact) mass is 441 g/mol. The molecule has 0 radical (unpaired) electrons. The van der Waals surface area contributed by atoms with Gasteiger partial charge in [0.05, 0.1) is 16.5 Å². The van der Waals surface area contributed by atoms with Crippen LogP contribution in [-0.4, -0.2) is 29.2 Å². The van der Waals surface area contributed by atoms with Crippen LogP contribution in [-0.2, 0) is 4.79 Å². The van der Waals surface area contributed by atoms with Gasteiger partial charge in [-0.25, -0.2) is 0 Å². The van der Waals surface area contributed by atoms with Crippen molar-refractivity contribution in [2.45, 2.75) is 12.8 Å². The maximum atomic E-state index is 12.5. The number of halogens is 3. The highest BCUT2D eigenvalue weighted by Crippen LogP contribution is 2.33. The summed E-state index contributed by atoms with van der Waals surface area (Å²) in [5.74, 6) is 0.524. The number of hydrogen-bond donors (Lipinski definition) is 4. The van der Waals surface area contributed by atoms with Crippen molar-refractivity contribution >= 4 is 64.7 Å². The van der Waals surface area contributed by atoms with Crippen LogP contribution in [0.25, 0.3) is 22.0 Å². The van der Waals surface area contributed by atoms with Crippen molar-refractivity contribution in [3.8, 4) is 11.1 Å². The number of carbonyl (C=O) groups is 1. The fraction of sp³-hybridized carbons (Fsp3) is 0.263. The number of amides is 1. The topological polar surface area (TPSA) is 95.8 Å². The molecule has 2 aromatic carbocycles. The molecule has 1 amide bonds. The van der Waals surface area contributed by atoms with Gasteiger partial charge in [0.15, 0.2) is 5.82 Å². The van der Waals surface area contributed by atoms with Crippen LogP contribution < -0.4 is 16.4 Å². The molecular formula is C19H22Cl3N5O. The smallest absolute Gasteiger partial charge is 0.229 e. The first-order chi connectivity index (χ1) is 12.6. The molecule has 0 unspecified atom stereocenters. The number of fused-ring (bicyclic) bond motifs is 1. The van der Waals surface area contributed by atoms with Crippen molar-refractivity contribution in [1.29, 1.82) is 0 Å². The average Bonchev–Trinajstić information content (AvgIpc) is 3.04. The van der Waals surface area contributed by atoms with E-state index in [1.807, 2.05) is 30.3 Å². The number of hydrogen-bond acceptors (Lipinski definition) is 4. The van der Waals surface area contributed by atoms with Crippen LogP contribution >= 0.6 is 36.4 Å². The van der Waals surface area contributed by atoms with E-state index < -0.39 is 0 Å². The molecule has 6 nitrogen and oxygen atoms in total. The maximum Gasteiger partial charge on any atom is 0.229 e. The van der Waals surface area contributed by atoms with Crippen LogP contribution in [0.4, 0.5) is 11.5 Å². The van der Waals surface area contributed by atoms with Gasteiger partial charge < -0.3 is 16.4 Å². The molecule has 0 spiro atoms. The lowest BCUT2D eigenvalue weighted by atomic mass is 9.99. The molecule has 0 saturated carbocycles. The SMILES string of the molecule is Cl.Cl.Nc1ccc(-c2ccc3[nH]nc(NC(=O)[C@H]4CCCNC4)c3c2)c(Cl)c1. The van der Waals surface area contributed by atoms with E-state index in [9.17, 15) is 4.79 Å². The summed E-state index contributed by atoms with van der Waals surface area (Å²) >= 11 is 6.33. The molecule has 150 valence electrons. The van der Waals surface area contributed by atoms with E-state index in [0.717, 1.165) is 41.4 Å². The number of rotatable bonds is 3. The zero-order chi connectivity index (χ0) is 18.1. The van der Waals surface area contributed by atoms with Gasteiger partial charge in [-0.3, -0.25) is 9.89 Å². The molecule has 0 bridgehead atoms. The fourth-order valence-corrected chi connectivity index (χ4v) is 3.63. The number of piperidine rings is 1. The molecule has 9 heteroatoms. The predicted octanol–water partition coefficient (Wildman–Crippen LogP) is 4.25. The van der Waals surface area contributed by atoms with E-state index >= 15 is 0 Å². The quantitative estimate of drug-likeness (QED) is 0.456. The predicted molar refractivity (Wildman–Crippen MR) is 120 cm³/mol. The number of H-pyrrole nitrogens is 1. The Labute approximate surface area is 180 Å². The van der Waals surface area contributed by atoms with Gasteiger partial charge in [0.25, 0.3) is 0 Å². The number of aromatic nitrogens is 2. The van der Waals surface area contributed by atoms with Crippen molar-refractivity contribution in [1.82, 2.24) is 15.5 Å². The van der Waals surface area contributed by atoms with E-state index in [0.29, 0.717) is 23.1 Å². The van der Waals surface area contributed by atoms with Gasteiger partial charge in [-0.2, -0.15) is 5.10 Å². The summed E-state index contributed by atoms with van der Waals surface area (Å²) in [6.45, 7) is 1.68. The molecule has 3 aromatic rings.